The molecule has 1 heterocycles. The van der Waals surface area contributed by atoms with Crippen LogP contribution in [0, 0.1) is 5.92 Å². The summed E-state index contributed by atoms with van der Waals surface area (Å²) in [5.74, 6) is 0.118. The van der Waals surface area contributed by atoms with Gasteiger partial charge in [-0.25, -0.2) is 0 Å². The van der Waals surface area contributed by atoms with Crippen molar-refractivity contribution in [1.82, 2.24) is 4.90 Å². The van der Waals surface area contributed by atoms with E-state index >= 15 is 0 Å². The summed E-state index contributed by atoms with van der Waals surface area (Å²) in [4.78, 5) is 15.3. The molecule has 2 rings (SSSR count). The second-order valence-electron chi connectivity index (χ2n) is 4.53. The van der Waals surface area contributed by atoms with Gasteiger partial charge in [-0.3, -0.25) is 4.79 Å². The minimum Gasteiger partial charge on any atom is -0.338 e. The van der Waals surface area contributed by atoms with E-state index in [1.807, 2.05) is 35.5 Å². The van der Waals surface area contributed by atoms with Crippen molar-refractivity contribution in [2.24, 2.45) is 11.7 Å². The van der Waals surface area contributed by atoms with Crippen LogP contribution in [-0.2, 0) is 4.79 Å². The number of carbonyl (C=O) groups is 1. The lowest BCUT2D eigenvalue weighted by Gasteiger charge is -2.26. The Labute approximate surface area is 106 Å². The first-order chi connectivity index (χ1) is 8.09. The first-order valence-electron chi connectivity index (χ1n) is 5.83. The third kappa shape index (κ3) is 2.58. The van der Waals surface area contributed by atoms with Crippen LogP contribution in [0.4, 0.5) is 0 Å². The maximum absolute atomic E-state index is 12.3. The average Bonchev–Trinajstić information content (AvgIpc) is 2.96. The van der Waals surface area contributed by atoms with Gasteiger partial charge in [0.15, 0.2) is 0 Å². The van der Waals surface area contributed by atoms with Crippen molar-refractivity contribution in [2.75, 3.05) is 7.05 Å². The predicted molar refractivity (Wildman–Crippen MR) is 70.7 cm³/mol. The third-order valence-electron chi connectivity index (χ3n) is 3.32. The Morgan fingerprint density at radius 1 is 1.59 bits per heavy atom. The SMILES string of the molecule is CC(c1cccs1)N(C)C(=O)C1C=CC(N)C1. The standard InChI is InChI=1S/C13H18N2OS/c1-9(12-4-3-7-17-12)15(2)13(16)10-5-6-11(14)8-10/h3-7,9-11H,8,14H2,1-2H3. The summed E-state index contributed by atoms with van der Waals surface area (Å²) >= 11 is 1.68. The molecule has 3 unspecified atom stereocenters. The van der Waals surface area contributed by atoms with Gasteiger partial charge in [-0.15, -0.1) is 11.3 Å². The monoisotopic (exact) mass is 250 g/mol. The Kier molecular flexibility index (Phi) is 3.64. The molecule has 0 radical (unpaired) electrons. The molecule has 1 aromatic rings. The molecule has 0 aromatic carbocycles. The van der Waals surface area contributed by atoms with Crippen LogP contribution >= 0.6 is 11.3 Å². The van der Waals surface area contributed by atoms with Crippen molar-refractivity contribution in [3.8, 4) is 0 Å². The topological polar surface area (TPSA) is 46.3 Å². The molecular formula is C13H18N2OS. The second-order valence-corrected chi connectivity index (χ2v) is 5.51. The zero-order chi connectivity index (χ0) is 12.4. The number of nitrogens with zero attached hydrogens (tertiary/aromatic N) is 1. The van der Waals surface area contributed by atoms with Gasteiger partial charge in [-0.2, -0.15) is 0 Å². The molecule has 1 aliphatic carbocycles. The van der Waals surface area contributed by atoms with Crippen molar-refractivity contribution < 1.29 is 4.79 Å². The molecule has 17 heavy (non-hydrogen) atoms. The van der Waals surface area contributed by atoms with Gasteiger partial charge < -0.3 is 10.6 Å². The van der Waals surface area contributed by atoms with Gasteiger partial charge in [0.2, 0.25) is 5.91 Å². The molecular weight excluding hydrogens is 232 g/mol. The molecule has 0 spiro atoms. The average molecular weight is 250 g/mol. The van der Waals surface area contributed by atoms with Crippen LogP contribution in [0.1, 0.15) is 24.3 Å². The van der Waals surface area contributed by atoms with Crippen molar-refractivity contribution in [1.29, 1.82) is 0 Å². The van der Waals surface area contributed by atoms with Crippen molar-refractivity contribution in [3.05, 3.63) is 34.5 Å². The normalized spacial score (nSPS) is 24.9. The molecule has 1 aliphatic rings. The summed E-state index contributed by atoms with van der Waals surface area (Å²) < 4.78 is 0. The van der Waals surface area contributed by atoms with Crippen LogP contribution in [0.15, 0.2) is 29.7 Å². The van der Waals surface area contributed by atoms with Crippen LogP contribution in [0.3, 0.4) is 0 Å². The van der Waals surface area contributed by atoms with E-state index < -0.39 is 0 Å². The van der Waals surface area contributed by atoms with Crippen LogP contribution in [0.2, 0.25) is 0 Å². The van der Waals surface area contributed by atoms with Crippen molar-refractivity contribution in [2.45, 2.75) is 25.4 Å². The molecule has 0 saturated carbocycles. The first-order valence-corrected chi connectivity index (χ1v) is 6.71. The maximum atomic E-state index is 12.3. The quantitative estimate of drug-likeness (QED) is 0.836. The van der Waals surface area contributed by atoms with E-state index in [1.165, 1.54) is 4.88 Å². The van der Waals surface area contributed by atoms with Crippen molar-refractivity contribution in [3.63, 3.8) is 0 Å². The van der Waals surface area contributed by atoms with E-state index in [2.05, 4.69) is 13.0 Å². The smallest absolute Gasteiger partial charge is 0.229 e. The van der Waals surface area contributed by atoms with Gasteiger partial charge in [-0.1, -0.05) is 18.2 Å². The summed E-state index contributed by atoms with van der Waals surface area (Å²) in [5.41, 5.74) is 5.78. The summed E-state index contributed by atoms with van der Waals surface area (Å²) in [6.07, 6.45) is 4.59. The fourth-order valence-corrected chi connectivity index (χ4v) is 2.91. The van der Waals surface area contributed by atoms with Gasteiger partial charge in [0.25, 0.3) is 0 Å². The summed E-state index contributed by atoms with van der Waals surface area (Å²) in [7, 11) is 1.87. The van der Waals surface area contributed by atoms with Crippen molar-refractivity contribution >= 4 is 17.2 Å². The number of hydrogen-bond donors (Lipinski definition) is 1. The fourth-order valence-electron chi connectivity index (χ4n) is 2.08. The number of amides is 1. The molecule has 0 aliphatic heterocycles. The lowest BCUT2D eigenvalue weighted by molar-refractivity contribution is -0.134. The molecule has 0 saturated heterocycles. The zero-order valence-electron chi connectivity index (χ0n) is 10.2. The summed E-state index contributed by atoms with van der Waals surface area (Å²) in [5, 5.41) is 2.04. The van der Waals surface area contributed by atoms with Gasteiger partial charge in [-0.05, 0) is 24.8 Å². The highest BCUT2D eigenvalue weighted by atomic mass is 32.1. The lowest BCUT2D eigenvalue weighted by Crippen LogP contribution is -2.34. The van der Waals surface area contributed by atoms with E-state index in [0.717, 1.165) is 6.42 Å². The number of carbonyl (C=O) groups excluding carboxylic acids is 1. The Morgan fingerprint density at radius 2 is 2.35 bits per heavy atom. The molecule has 2 N–H and O–H groups in total. The van der Waals surface area contributed by atoms with Gasteiger partial charge in [0.1, 0.15) is 0 Å². The Balaban J connectivity index is 2.02. The highest BCUT2D eigenvalue weighted by Gasteiger charge is 2.28. The van der Waals surface area contributed by atoms with Crippen LogP contribution in [-0.4, -0.2) is 23.9 Å². The molecule has 92 valence electrons. The van der Waals surface area contributed by atoms with E-state index in [4.69, 9.17) is 5.73 Å². The Morgan fingerprint density at radius 3 is 2.88 bits per heavy atom. The summed E-state index contributed by atoms with van der Waals surface area (Å²) in [6, 6.07) is 4.25. The zero-order valence-corrected chi connectivity index (χ0v) is 11.0. The number of thiophene rings is 1. The van der Waals surface area contributed by atoms with Crippen LogP contribution in [0.5, 0.6) is 0 Å². The minimum absolute atomic E-state index is 0.0365. The molecule has 3 atom stereocenters. The minimum atomic E-state index is -0.0441. The van der Waals surface area contributed by atoms with E-state index in [1.54, 1.807) is 11.3 Å². The van der Waals surface area contributed by atoms with Gasteiger partial charge in [0, 0.05) is 18.0 Å². The molecule has 0 bridgehead atoms. The second kappa shape index (κ2) is 5.02. The van der Waals surface area contributed by atoms with Crippen LogP contribution in [0.25, 0.3) is 0 Å². The van der Waals surface area contributed by atoms with Gasteiger partial charge in [0.05, 0.1) is 12.0 Å². The fraction of sp³-hybridized carbons (Fsp3) is 0.462. The first kappa shape index (κ1) is 12.3. The Hall–Kier alpha value is -1.13. The predicted octanol–water partition coefficient (Wildman–Crippen LogP) is 2.17. The van der Waals surface area contributed by atoms with E-state index in [-0.39, 0.29) is 23.9 Å². The highest BCUT2D eigenvalue weighted by molar-refractivity contribution is 7.10. The molecule has 3 nitrogen and oxygen atoms in total. The number of nitrogens with two attached hydrogens (primary N) is 1. The highest BCUT2D eigenvalue weighted by Crippen LogP contribution is 2.27. The maximum Gasteiger partial charge on any atom is 0.229 e. The van der Waals surface area contributed by atoms with Crippen LogP contribution < -0.4 is 5.73 Å². The lowest BCUT2D eigenvalue weighted by atomic mass is 10.1. The number of hydrogen-bond acceptors (Lipinski definition) is 3. The van der Waals surface area contributed by atoms with E-state index in [9.17, 15) is 4.79 Å². The largest absolute Gasteiger partial charge is 0.338 e. The molecule has 0 fully saturated rings. The third-order valence-corrected chi connectivity index (χ3v) is 4.36. The molecule has 1 amide bonds. The summed E-state index contributed by atoms with van der Waals surface area (Å²) in [6.45, 7) is 2.06. The molecule has 4 heteroatoms. The van der Waals surface area contributed by atoms with Gasteiger partial charge >= 0.3 is 0 Å². The number of rotatable bonds is 3. The Bertz CT molecular complexity index is 413. The van der Waals surface area contributed by atoms with E-state index in [0.29, 0.717) is 0 Å². The molecule has 1 aromatic heterocycles.